The molecular formula is C23H19F2N3O2. The van der Waals surface area contributed by atoms with E-state index in [1.54, 1.807) is 4.90 Å². The number of aromatic nitrogens is 2. The predicted octanol–water partition coefficient (Wildman–Crippen LogP) is 3.37. The van der Waals surface area contributed by atoms with Crippen LogP contribution in [0.2, 0.25) is 0 Å². The van der Waals surface area contributed by atoms with Gasteiger partial charge >= 0.3 is 0 Å². The van der Waals surface area contributed by atoms with Gasteiger partial charge in [0.2, 0.25) is 0 Å². The zero-order valence-corrected chi connectivity index (χ0v) is 16.1. The molecule has 152 valence electrons. The third-order valence-corrected chi connectivity index (χ3v) is 6.61. The number of hydrogen-bond acceptors (Lipinski definition) is 3. The van der Waals surface area contributed by atoms with Gasteiger partial charge in [0.1, 0.15) is 11.5 Å². The Morgan fingerprint density at radius 2 is 1.97 bits per heavy atom. The highest BCUT2D eigenvalue weighted by molar-refractivity contribution is 6.08. The molecule has 2 aromatic carbocycles. The van der Waals surface area contributed by atoms with Crippen molar-refractivity contribution < 1.29 is 18.7 Å². The first kappa shape index (κ1) is 17.8. The lowest BCUT2D eigenvalue weighted by atomic mass is 10.1. The molecule has 0 spiro atoms. The highest BCUT2D eigenvalue weighted by atomic mass is 19.1. The van der Waals surface area contributed by atoms with Crippen molar-refractivity contribution in [2.24, 2.45) is 5.92 Å². The number of hydrogen-bond donors (Lipinski definition) is 1. The van der Waals surface area contributed by atoms with Crippen LogP contribution in [0.5, 0.6) is 0 Å². The molecule has 1 fully saturated rings. The molecule has 30 heavy (non-hydrogen) atoms. The summed E-state index contributed by atoms with van der Waals surface area (Å²) in [6, 6.07) is 10.7. The molecule has 3 aliphatic rings. The molecule has 0 unspecified atom stereocenters. The monoisotopic (exact) mass is 407 g/mol. The molecule has 1 N–H and O–H groups in total. The first-order valence-corrected chi connectivity index (χ1v) is 10.2. The number of anilines is 1. The molecule has 2 heterocycles. The first-order chi connectivity index (χ1) is 14.6. The number of aliphatic hydroxyl groups excluding tert-OH is 1. The Morgan fingerprint density at radius 1 is 1.13 bits per heavy atom. The fraction of sp³-hybridized carbons (Fsp3) is 0.304. The Labute approximate surface area is 171 Å². The number of benzene rings is 2. The van der Waals surface area contributed by atoms with Gasteiger partial charge in [-0.15, -0.1) is 0 Å². The SMILES string of the molecule is O=C(c1nn(-c2ccc(F)cc2F)c2c1C[C@H]1C[C@@H]21)N1c2ccccc2C[C@@H]1CO. The first-order valence-electron chi connectivity index (χ1n) is 10.2. The van der Waals surface area contributed by atoms with E-state index in [9.17, 15) is 18.7 Å². The largest absolute Gasteiger partial charge is 0.394 e. The van der Waals surface area contributed by atoms with Crippen LogP contribution in [-0.4, -0.2) is 33.4 Å². The van der Waals surface area contributed by atoms with Crippen LogP contribution in [0, 0.1) is 17.6 Å². The molecule has 0 saturated heterocycles. The van der Waals surface area contributed by atoms with Crippen LogP contribution >= 0.6 is 0 Å². The molecule has 0 bridgehead atoms. The van der Waals surface area contributed by atoms with Gasteiger partial charge in [-0.05, 0) is 48.9 Å². The molecule has 3 aromatic rings. The molecule has 1 aromatic heterocycles. The normalized spacial score (nSPS) is 23.3. The number of rotatable bonds is 3. The number of amides is 1. The summed E-state index contributed by atoms with van der Waals surface area (Å²) in [4.78, 5) is 15.2. The van der Waals surface area contributed by atoms with E-state index in [1.807, 2.05) is 24.3 Å². The lowest BCUT2D eigenvalue weighted by Crippen LogP contribution is -2.40. The van der Waals surface area contributed by atoms with Crippen molar-refractivity contribution in [2.75, 3.05) is 11.5 Å². The van der Waals surface area contributed by atoms with Gasteiger partial charge < -0.3 is 10.0 Å². The van der Waals surface area contributed by atoms with Crippen LogP contribution in [0.4, 0.5) is 14.5 Å². The summed E-state index contributed by atoms with van der Waals surface area (Å²) in [5, 5.41) is 14.4. The Kier molecular flexibility index (Phi) is 3.68. The summed E-state index contributed by atoms with van der Waals surface area (Å²) in [5.41, 5.74) is 3.96. The molecule has 3 atom stereocenters. The van der Waals surface area contributed by atoms with Gasteiger partial charge in [0.05, 0.1) is 18.3 Å². The van der Waals surface area contributed by atoms with E-state index < -0.39 is 11.6 Å². The van der Waals surface area contributed by atoms with E-state index in [2.05, 4.69) is 5.10 Å². The topological polar surface area (TPSA) is 58.4 Å². The quantitative estimate of drug-likeness (QED) is 0.724. The fourth-order valence-corrected chi connectivity index (χ4v) is 5.12. The zero-order valence-electron chi connectivity index (χ0n) is 16.1. The maximum atomic E-state index is 14.5. The molecule has 2 aliphatic carbocycles. The lowest BCUT2D eigenvalue weighted by molar-refractivity contribution is 0.0962. The average Bonchev–Trinajstić information content (AvgIpc) is 3.10. The van der Waals surface area contributed by atoms with Gasteiger partial charge in [-0.2, -0.15) is 5.10 Å². The molecule has 1 saturated carbocycles. The van der Waals surface area contributed by atoms with Crippen molar-refractivity contribution in [3.63, 3.8) is 0 Å². The maximum absolute atomic E-state index is 14.5. The van der Waals surface area contributed by atoms with Crippen LogP contribution in [0.3, 0.4) is 0 Å². The smallest absolute Gasteiger partial charge is 0.279 e. The van der Waals surface area contributed by atoms with Gasteiger partial charge in [-0.25, -0.2) is 13.5 Å². The summed E-state index contributed by atoms with van der Waals surface area (Å²) in [7, 11) is 0. The molecule has 1 amide bonds. The van der Waals surface area contributed by atoms with Crippen LogP contribution < -0.4 is 4.90 Å². The van der Waals surface area contributed by atoms with E-state index in [0.717, 1.165) is 41.4 Å². The number of nitrogens with zero attached hydrogens (tertiary/aromatic N) is 3. The zero-order chi connectivity index (χ0) is 20.6. The minimum Gasteiger partial charge on any atom is -0.394 e. The van der Waals surface area contributed by atoms with E-state index in [-0.39, 0.29) is 30.2 Å². The van der Waals surface area contributed by atoms with Crippen molar-refractivity contribution in [1.82, 2.24) is 9.78 Å². The number of para-hydroxylation sites is 1. The van der Waals surface area contributed by atoms with Gasteiger partial charge in [-0.1, -0.05) is 18.2 Å². The van der Waals surface area contributed by atoms with E-state index in [1.165, 1.54) is 16.8 Å². The van der Waals surface area contributed by atoms with Crippen LogP contribution in [0.15, 0.2) is 42.5 Å². The lowest BCUT2D eigenvalue weighted by Gasteiger charge is -2.23. The van der Waals surface area contributed by atoms with Gasteiger partial charge in [-0.3, -0.25) is 4.79 Å². The van der Waals surface area contributed by atoms with Crippen molar-refractivity contribution >= 4 is 11.6 Å². The third-order valence-electron chi connectivity index (χ3n) is 6.61. The van der Waals surface area contributed by atoms with Crippen molar-refractivity contribution in [1.29, 1.82) is 0 Å². The van der Waals surface area contributed by atoms with Crippen LogP contribution in [0.25, 0.3) is 5.69 Å². The fourth-order valence-electron chi connectivity index (χ4n) is 5.12. The number of halogens is 2. The standard InChI is InChI=1S/C23H19F2N3O2/c24-14-5-6-20(18(25)10-14)28-22-16-8-13(16)9-17(22)21(26-28)23(30)27-15(11-29)7-12-3-1-2-4-19(12)27/h1-6,10,13,15-16,29H,7-9,11H2/t13-,15-,16-/m1/s1. The summed E-state index contributed by atoms with van der Waals surface area (Å²) in [6.45, 7) is -0.152. The Bertz CT molecular complexity index is 1210. The Morgan fingerprint density at radius 3 is 2.77 bits per heavy atom. The molecular weight excluding hydrogens is 388 g/mol. The molecule has 6 rings (SSSR count). The van der Waals surface area contributed by atoms with Crippen LogP contribution in [0.1, 0.15) is 39.6 Å². The molecule has 0 radical (unpaired) electrons. The minimum atomic E-state index is -0.705. The van der Waals surface area contributed by atoms with E-state index >= 15 is 0 Å². The summed E-state index contributed by atoms with van der Waals surface area (Å²) >= 11 is 0. The second-order valence-corrected chi connectivity index (χ2v) is 8.37. The number of aliphatic hydroxyl groups is 1. The van der Waals surface area contributed by atoms with Crippen molar-refractivity contribution in [3.8, 4) is 5.69 Å². The summed E-state index contributed by atoms with van der Waals surface area (Å²) < 4.78 is 29.5. The maximum Gasteiger partial charge on any atom is 0.279 e. The highest BCUT2D eigenvalue weighted by Crippen LogP contribution is 2.57. The highest BCUT2D eigenvalue weighted by Gasteiger charge is 2.51. The summed E-state index contributed by atoms with van der Waals surface area (Å²) in [6.07, 6.45) is 2.32. The molecule has 5 nitrogen and oxygen atoms in total. The third kappa shape index (κ3) is 2.41. The van der Waals surface area contributed by atoms with Crippen molar-refractivity contribution in [3.05, 3.63) is 76.6 Å². The Hall–Kier alpha value is -3.06. The number of carbonyl (C=O) groups excluding carboxylic acids is 1. The molecule has 7 heteroatoms. The van der Waals surface area contributed by atoms with E-state index in [0.29, 0.717) is 18.0 Å². The van der Waals surface area contributed by atoms with Gasteiger partial charge in [0, 0.05) is 23.2 Å². The van der Waals surface area contributed by atoms with Crippen molar-refractivity contribution in [2.45, 2.75) is 31.2 Å². The second kappa shape index (κ2) is 6.22. The minimum absolute atomic E-state index is 0.152. The number of fused-ring (bicyclic) bond motifs is 4. The summed E-state index contributed by atoms with van der Waals surface area (Å²) in [5.74, 6) is -0.919. The predicted molar refractivity (Wildman–Crippen MR) is 106 cm³/mol. The van der Waals surface area contributed by atoms with E-state index in [4.69, 9.17) is 0 Å². The number of carbonyl (C=O) groups is 1. The molecule has 1 aliphatic heterocycles. The van der Waals surface area contributed by atoms with Gasteiger partial charge in [0.15, 0.2) is 11.5 Å². The van der Waals surface area contributed by atoms with Gasteiger partial charge in [0.25, 0.3) is 5.91 Å². The average molecular weight is 407 g/mol. The van der Waals surface area contributed by atoms with Crippen LogP contribution in [-0.2, 0) is 12.8 Å². The Balaban J connectivity index is 1.48. The second-order valence-electron chi connectivity index (χ2n) is 8.37.